The highest BCUT2D eigenvalue weighted by molar-refractivity contribution is 7.99. The van der Waals surface area contributed by atoms with Crippen LogP contribution in [0.4, 0.5) is 0 Å². The fourth-order valence-corrected chi connectivity index (χ4v) is 4.10. The summed E-state index contributed by atoms with van der Waals surface area (Å²) in [5.41, 5.74) is 0.423. The second kappa shape index (κ2) is 3.69. The number of hydrogen-bond donors (Lipinski definition) is 1. The zero-order chi connectivity index (χ0) is 10.2. The van der Waals surface area contributed by atoms with Crippen molar-refractivity contribution in [1.29, 1.82) is 0 Å². The van der Waals surface area contributed by atoms with Crippen LogP contribution in [0.3, 0.4) is 0 Å². The maximum atomic E-state index is 6.08. The molecule has 2 nitrogen and oxygen atoms in total. The minimum absolute atomic E-state index is 0.126. The van der Waals surface area contributed by atoms with Gasteiger partial charge in [0.1, 0.15) is 0 Å². The molecule has 1 spiro atoms. The molecule has 3 heteroatoms. The second-order valence-corrected chi connectivity index (χ2v) is 6.57. The van der Waals surface area contributed by atoms with Crippen molar-refractivity contribution < 1.29 is 4.74 Å². The molecule has 0 aromatic rings. The summed E-state index contributed by atoms with van der Waals surface area (Å²) in [5.74, 6) is 2.43. The normalized spacial score (nSPS) is 39.2. The maximum Gasteiger partial charge on any atom is 0.0938 e. The Balaban J connectivity index is 2.19. The summed E-state index contributed by atoms with van der Waals surface area (Å²) in [6, 6.07) is 0.513. The molecule has 14 heavy (non-hydrogen) atoms. The lowest BCUT2D eigenvalue weighted by Gasteiger charge is -2.48. The molecule has 82 valence electrons. The highest BCUT2D eigenvalue weighted by Gasteiger charge is 2.49. The van der Waals surface area contributed by atoms with Crippen molar-refractivity contribution in [3.05, 3.63) is 0 Å². The molecule has 2 fully saturated rings. The number of thioether (sulfide) groups is 1. The summed E-state index contributed by atoms with van der Waals surface area (Å²) >= 11 is 2.03. The van der Waals surface area contributed by atoms with Gasteiger partial charge >= 0.3 is 0 Å². The van der Waals surface area contributed by atoms with Crippen LogP contribution in [-0.4, -0.2) is 36.3 Å². The van der Waals surface area contributed by atoms with E-state index in [1.54, 1.807) is 0 Å². The zero-order valence-corrected chi connectivity index (χ0v) is 10.2. The average Bonchev–Trinajstić information content (AvgIpc) is 2.52. The van der Waals surface area contributed by atoms with Crippen LogP contribution in [0.5, 0.6) is 0 Å². The van der Waals surface area contributed by atoms with E-state index < -0.39 is 0 Å². The molecule has 2 atom stereocenters. The van der Waals surface area contributed by atoms with E-state index in [2.05, 4.69) is 26.1 Å². The molecule has 0 saturated carbocycles. The third kappa shape index (κ3) is 1.82. The molecule has 2 rings (SSSR count). The van der Waals surface area contributed by atoms with E-state index in [4.69, 9.17) is 4.74 Å². The Bertz CT molecular complexity index is 206. The molecule has 0 aliphatic carbocycles. The first-order valence-corrected chi connectivity index (χ1v) is 6.65. The van der Waals surface area contributed by atoms with Gasteiger partial charge in [0.15, 0.2) is 0 Å². The third-order valence-corrected chi connectivity index (χ3v) is 4.43. The van der Waals surface area contributed by atoms with Gasteiger partial charge in [-0.1, -0.05) is 20.8 Å². The van der Waals surface area contributed by atoms with Gasteiger partial charge in [-0.25, -0.2) is 0 Å². The Morgan fingerprint density at radius 1 is 1.43 bits per heavy atom. The summed E-state index contributed by atoms with van der Waals surface area (Å²) in [6.45, 7) is 8.82. The molecule has 2 saturated heterocycles. The lowest BCUT2D eigenvalue weighted by Crippen LogP contribution is -2.63. The van der Waals surface area contributed by atoms with Crippen LogP contribution >= 0.6 is 11.8 Å². The molecule has 0 bridgehead atoms. The largest absolute Gasteiger partial charge is 0.371 e. The minimum atomic E-state index is 0.126. The maximum absolute atomic E-state index is 6.08. The summed E-state index contributed by atoms with van der Waals surface area (Å²) in [5, 5.41) is 3.65. The van der Waals surface area contributed by atoms with E-state index in [9.17, 15) is 0 Å². The number of morpholine rings is 1. The van der Waals surface area contributed by atoms with Crippen molar-refractivity contribution in [3.8, 4) is 0 Å². The molecule has 2 aliphatic heterocycles. The predicted molar refractivity (Wildman–Crippen MR) is 61.9 cm³/mol. The standard InChI is InChI=1S/C11H21NOS/c1-10(2,3)9-11(4-7-14-8-11)13-6-5-12-9/h9,12H,4-8H2,1-3H3. The summed E-state index contributed by atoms with van der Waals surface area (Å²) in [4.78, 5) is 0. The first-order chi connectivity index (χ1) is 6.55. The first kappa shape index (κ1) is 10.8. The predicted octanol–water partition coefficient (Wildman–Crippen LogP) is 1.90. The summed E-state index contributed by atoms with van der Waals surface area (Å²) in [6.07, 6.45) is 1.21. The van der Waals surface area contributed by atoms with Gasteiger partial charge in [0.2, 0.25) is 0 Å². The van der Waals surface area contributed by atoms with Gasteiger partial charge in [0.25, 0.3) is 0 Å². The first-order valence-electron chi connectivity index (χ1n) is 5.50. The van der Waals surface area contributed by atoms with E-state index in [1.807, 2.05) is 11.8 Å². The van der Waals surface area contributed by atoms with E-state index in [1.165, 1.54) is 17.9 Å². The lowest BCUT2D eigenvalue weighted by molar-refractivity contribution is -0.104. The molecular formula is C11H21NOS. The van der Waals surface area contributed by atoms with Crippen molar-refractivity contribution in [3.63, 3.8) is 0 Å². The van der Waals surface area contributed by atoms with Gasteiger partial charge in [0.05, 0.1) is 12.2 Å². The van der Waals surface area contributed by atoms with E-state index in [0.29, 0.717) is 11.5 Å². The van der Waals surface area contributed by atoms with E-state index in [-0.39, 0.29) is 5.60 Å². The molecule has 2 aliphatic rings. The van der Waals surface area contributed by atoms with Crippen molar-refractivity contribution in [2.24, 2.45) is 5.41 Å². The highest BCUT2D eigenvalue weighted by atomic mass is 32.2. The number of rotatable bonds is 0. The SMILES string of the molecule is CC(C)(C)C1NCCOC12CCSC2. The highest BCUT2D eigenvalue weighted by Crippen LogP contribution is 2.41. The fraction of sp³-hybridized carbons (Fsp3) is 1.00. The Kier molecular flexibility index (Phi) is 2.84. The van der Waals surface area contributed by atoms with Gasteiger partial charge < -0.3 is 10.1 Å². The second-order valence-electron chi connectivity index (χ2n) is 5.47. The summed E-state index contributed by atoms with van der Waals surface area (Å²) in [7, 11) is 0. The molecule has 0 amide bonds. The van der Waals surface area contributed by atoms with Crippen LogP contribution in [0.15, 0.2) is 0 Å². The average molecular weight is 215 g/mol. The van der Waals surface area contributed by atoms with Crippen molar-refractivity contribution in [1.82, 2.24) is 5.32 Å². The van der Waals surface area contributed by atoms with Gasteiger partial charge in [-0.05, 0) is 17.6 Å². The molecule has 0 radical (unpaired) electrons. The number of ether oxygens (including phenoxy) is 1. The van der Waals surface area contributed by atoms with E-state index >= 15 is 0 Å². The van der Waals surface area contributed by atoms with Gasteiger partial charge in [0, 0.05) is 18.3 Å². The van der Waals surface area contributed by atoms with Crippen LogP contribution in [0.2, 0.25) is 0 Å². The topological polar surface area (TPSA) is 21.3 Å². The number of nitrogens with one attached hydrogen (secondary N) is 1. The van der Waals surface area contributed by atoms with Crippen molar-refractivity contribution in [2.75, 3.05) is 24.7 Å². The smallest absolute Gasteiger partial charge is 0.0938 e. The van der Waals surface area contributed by atoms with Crippen LogP contribution < -0.4 is 5.32 Å². The molecule has 2 unspecified atom stereocenters. The monoisotopic (exact) mass is 215 g/mol. The van der Waals surface area contributed by atoms with Crippen LogP contribution in [0.25, 0.3) is 0 Å². The molecule has 0 aromatic heterocycles. The van der Waals surface area contributed by atoms with Crippen molar-refractivity contribution in [2.45, 2.75) is 38.8 Å². The number of hydrogen-bond acceptors (Lipinski definition) is 3. The lowest BCUT2D eigenvalue weighted by atomic mass is 9.75. The van der Waals surface area contributed by atoms with Crippen LogP contribution in [-0.2, 0) is 4.74 Å². The van der Waals surface area contributed by atoms with E-state index in [0.717, 1.165) is 13.2 Å². The third-order valence-electron chi connectivity index (χ3n) is 3.25. The summed E-state index contributed by atoms with van der Waals surface area (Å²) < 4.78 is 6.08. The Morgan fingerprint density at radius 3 is 2.79 bits per heavy atom. The fourth-order valence-electron chi connectivity index (χ4n) is 2.73. The quantitative estimate of drug-likeness (QED) is 0.667. The van der Waals surface area contributed by atoms with Gasteiger partial charge in [-0.15, -0.1) is 0 Å². The minimum Gasteiger partial charge on any atom is -0.371 e. The molecular weight excluding hydrogens is 194 g/mol. The van der Waals surface area contributed by atoms with Crippen molar-refractivity contribution >= 4 is 11.8 Å². The van der Waals surface area contributed by atoms with Gasteiger partial charge in [-0.2, -0.15) is 11.8 Å². The van der Waals surface area contributed by atoms with Crippen LogP contribution in [0.1, 0.15) is 27.2 Å². The molecule has 0 aromatic carbocycles. The Labute approximate surface area is 91.2 Å². The molecule has 2 heterocycles. The van der Waals surface area contributed by atoms with Gasteiger partial charge in [-0.3, -0.25) is 0 Å². The Morgan fingerprint density at radius 2 is 2.21 bits per heavy atom. The van der Waals surface area contributed by atoms with Crippen LogP contribution in [0, 0.1) is 5.41 Å². The molecule has 1 N–H and O–H groups in total. The zero-order valence-electron chi connectivity index (χ0n) is 9.43. The Hall–Kier alpha value is 0.270.